The molecule has 0 unspecified atom stereocenters. The first-order valence-corrected chi connectivity index (χ1v) is 17.8. The SMILES string of the molecule is CCOC(=O)[C@H]1CCC2(CC1)C[C@H](N1CCN(c3cnc(N4CCN5c6cc(-c7ccccc7O)nnc6NC[C@H]5C4)nc3)C[C@@H]1C)C2. The van der Waals surface area contributed by atoms with Crippen molar-refractivity contribution >= 4 is 29.1 Å². The van der Waals surface area contributed by atoms with Crippen LogP contribution in [-0.2, 0) is 9.53 Å². The van der Waals surface area contributed by atoms with Crippen LogP contribution in [0.2, 0.25) is 0 Å². The number of ether oxygens (including phenoxy) is 1. The number of aromatic nitrogens is 4. The van der Waals surface area contributed by atoms with Gasteiger partial charge < -0.3 is 29.9 Å². The molecule has 1 spiro atoms. The highest BCUT2D eigenvalue weighted by molar-refractivity contribution is 5.77. The highest BCUT2D eigenvalue weighted by atomic mass is 16.5. The lowest BCUT2D eigenvalue weighted by atomic mass is 9.56. The smallest absolute Gasteiger partial charge is 0.308 e. The van der Waals surface area contributed by atoms with Crippen molar-refractivity contribution in [3.63, 3.8) is 0 Å². The number of hydrogen-bond donors (Lipinski definition) is 2. The van der Waals surface area contributed by atoms with Crippen LogP contribution in [0.1, 0.15) is 52.4 Å². The molecule has 0 radical (unpaired) electrons. The fraction of sp³-hybridized carbons (Fsp3) is 0.583. The molecule has 2 aliphatic carbocycles. The van der Waals surface area contributed by atoms with Gasteiger partial charge in [-0.05, 0) is 76.0 Å². The molecule has 4 fully saturated rings. The fourth-order valence-corrected chi connectivity index (χ4v) is 8.99. The number of anilines is 4. The lowest BCUT2D eigenvalue weighted by Crippen LogP contribution is -2.61. The number of nitrogens with one attached hydrogen (secondary N) is 1. The van der Waals surface area contributed by atoms with E-state index in [0.29, 0.717) is 35.4 Å². The topological polar surface area (TPSA) is 123 Å². The molecule has 2 aromatic heterocycles. The predicted octanol–water partition coefficient (Wildman–Crippen LogP) is 4.17. The zero-order valence-electron chi connectivity index (χ0n) is 28.1. The molecule has 2 atom stereocenters. The van der Waals surface area contributed by atoms with E-state index in [9.17, 15) is 9.90 Å². The summed E-state index contributed by atoms with van der Waals surface area (Å²) in [5.74, 6) is 1.88. The van der Waals surface area contributed by atoms with Crippen LogP contribution >= 0.6 is 0 Å². The lowest BCUT2D eigenvalue weighted by molar-refractivity contribution is -0.151. The van der Waals surface area contributed by atoms with E-state index in [2.05, 4.69) is 42.0 Å². The van der Waals surface area contributed by atoms with Gasteiger partial charge in [0.25, 0.3) is 0 Å². The maximum atomic E-state index is 12.2. The number of aromatic hydroxyl groups is 1. The Balaban J connectivity index is 0.846. The Hall–Kier alpha value is -4.19. The van der Waals surface area contributed by atoms with E-state index in [1.54, 1.807) is 6.07 Å². The Morgan fingerprint density at radius 2 is 1.77 bits per heavy atom. The van der Waals surface area contributed by atoms with Gasteiger partial charge in [-0.3, -0.25) is 9.69 Å². The van der Waals surface area contributed by atoms with E-state index in [-0.39, 0.29) is 23.7 Å². The molecule has 0 bridgehead atoms. The monoisotopic (exact) mass is 653 g/mol. The van der Waals surface area contributed by atoms with Gasteiger partial charge in [0, 0.05) is 63.5 Å². The summed E-state index contributed by atoms with van der Waals surface area (Å²) in [5.41, 5.74) is 3.90. The highest BCUT2D eigenvalue weighted by Crippen LogP contribution is 2.55. The number of carbonyl (C=O) groups is 1. The molecule has 2 saturated carbocycles. The number of hydrogen-bond acceptors (Lipinski definition) is 12. The summed E-state index contributed by atoms with van der Waals surface area (Å²) in [5, 5.41) is 22.6. The van der Waals surface area contributed by atoms with Crippen LogP contribution in [0, 0.1) is 11.3 Å². The minimum atomic E-state index is 0.0110. The second kappa shape index (κ2) is 12.7. The highest BCUT2D eigenvalue weighted by Gasteiger charge is 2.50. The van der Waals surface area contributed by atoms with Crippen LogP contribution in [0.3, 0.4) is 0 Å². The molecule has 1 aromatic carbocycles. The van der Waals surface area contributed by atoms with E-state index in [4.69, 9.17) is 14.7 Å². The number of fused-ring (bicyclic) bond motifs is 3. The van der Waals surface area contributed by atoms with Gasteiger partial charge in [0.1, 0.15) is 5.75 Å². The normalized spacial score (nSPS) is 28.7. The van der Waals surface area contributed by atoms with Gasteiger partial charge in [-0.15, -0.1) is 10.2 Å². The molecule has 2 N–H and O–H groups in total. The first-order chi connectivity index (χ1) is 23.4. The van der Waals surface area contributed by atoms with Crippen LogP contribution in [-0.4, -0.2) is 107 Å². The standard InChI is InChI=1S/C36H47N9O3/c1-3-48-34(47)25-8-10-36(11-9-25)17-26(18-36)44-14-12-42(22-24(44)2)27-19-38-35(39-20-27)43-13-15-45-28(23-43)21-37-33-31(45)16-30(40-41-33)29-6-4-5-7-32(29)46/h4-7,16,19-20,24-26,28,46H,3,8-15,17-18,21-23H2,1-2H3,(H,37,41)/t24-,25-,26-,28-,36?/m0/s1. The van der Waals surface area contributed by atoms with Crippen LogP contribution in [0.4, 0.5) is 23.1 Å². The summed E-state index contributed by atoms with van der Waals surface area (Å²) in [6.45, 7) is 11.0. The number of phenolic OH excluding ortho intramolecular Hbond substituents is 1. The van der Waals surface area contributed by atoms with Crippen molar-refractivity contribution in [1.82, 2.24) is 25.1 Å². The van der Waals surface area contributed by atoms with E-state index < -0.39 is 0 Å². The van der Waals surface area contributed by atoms with Crippen LogP contribution in [0.5, 0.6) is 5.75 Å². The first-order valence-electron chi connectivity index (χ1n) is 17.8. The van der Waals surface area contributed by atoms with Gasteiger partial charge in [-0.1, -0.05) is 12.1 Å². The number of nitrogens with zero attached hydrogens (tertiary/aromatic N) is 8. The number of carbonyl (C=O) groups excluding carboxylic acids is 1. The number of piperazine rings is 2. The van der Waals surface area contributed by atoms with E-state index in [0.717, 1.165) is 81.8 Å². The zero-order chi connectivity index (χ0) is 32.8. The molecular formula is C36H47N9O3. The zero-order valence-corrected chi connectivity index (χ0v) is 28.1. The van der Waals surface area contributed by atoms with Gasteiger partial charge in [-0.2, -0.15) is 0 Å². The maximum absolute atomic E-state index is 12.2. The molecule has 5 aliphatic rings. The summed E-state index contributed by atoms with van der Waals surface area (Å²) in [7, 11) is 0. The third kappa shape index (κ3) is 5.77. The average molecular weight is 654 g/mol. The molecule has 5 heterocycles. The minimum absolute atomic E-state index is 0.0110. The van der Waals surface area contributed by atoms with Crippen molar-refractivity contribution in [1.29, 1.82) is 0 Å². The summed E-state index contributed by atoms with van der Waals surface area (Å²) in [6.07, 6.45) is 10.8. The third-order valence-electron chi connectivity index (χ3n) is 11.7. The maximum Gasteiger partial charge on any atom is 0.308 e. The minimum Gasteiger partial charge on any atom is -0.507 e. The van der Waals surface area contributed by atoms with Crippen molar-refractivity contribution < 1.29 is 14.6 Å². The molecule has 3 aromatic rings. The molecule has 12 nitrogen and oxygen atoms in total. The third-order valence-corrected chi connectivity index (χ3v) is 11.7. The summed E-state index contributed by atoms with van der Waals surface area (Å²) >= 11 is 0. The van der Waals surface area contributed by atoms with Crippen LogP contribution in [0.25, 0.3) is 11.3 Å². The summed E-state index contributed by atoms with van der Waals surface area (Å²) in [6, 6.07) is 10.6. The Labute approximate surface area is 282 Å². The number of benzene rings is 1. The Morgan fingerprint density at radius 1 is 1.00 bits per heavy atom. The van der Waals surface area contributed by atoms with Crippen LogP contribution in [0.15, 0.2) is 42.7 Å². The molecule has 2 saturated heterocycles. The number of rotatable bonds is 6. The van der Waals surface area contributed by atoms with Crippen molar-refractivity contribution in [3.05, 3.63) is 42.7 Å². The average Bonchev–Trinajstić information content (AvgIpc) is 3.10. The van der Waals surface area contributed by atoms with Crippen LogP contribution < -0.4 is 20.0 Å². The van der Waals surface area contributed by atoms with Crippen molar-refractivity contribution in [3.8, 4) is 17.0 Å². The Morgan fingerprint density at radius 3 is 2.52 bits per heavy atom. The first kappa shape index (κ1) is 31.1. The number of phenols is 1. The van der Waals surface area contributed by atoms with E-state index in [1.807, 2.05) is 43.6 Å². The molecule has 8 rings (SSSR count). The fourth-order valence-electron chi connectivity index (χ4n) is 8.99. The second-order valence-corrected chi connectivity index (χ2v) is 14.5. The molecular weight excluding hydrogens is 606 g/mol. The largest absolute Gasteiger partial charge is 0.507 e. The predicted molar refractivity (Wildman–Crippen MR) is 185 cm³/mol. The molecule has 12 heteroatoms. The van der Waals surface area contributed by atoms with Crippen molar-refractivity contribution in [2.45, 2.75) is 70.5 Å². The van der Waals surface area contributed by atoms with E-state index in [1.165, 1.54) is 25.7 Å². The molecule has 254 valence electrons. The lowest BCUT2D eigenvalue weighted by Gasteiger charge is -2.57. The van der Waals surface area contributed by atoms with Crippen molar-refractivity contribution in [2.75, 3.05) is 72.4 Å². The quantitative estimate of drug-likeness (QED) is 0.371. The van der Waals surface area contributed by atoms with Gasteiger partial charge >= 0.3 is 5.97 Å². The Bertz CT molecular complexity index is 1620. The molecule has 0 amide bonds. The van der Waals surface area contributed by atoms with E-state index >= 15 is 0 Å². The second-order valence-electron chi connectivity index (χ2n) is 14.5. The number of para-hydroxylation sites is 1. The summed E-state index contributed by atoms with van der Waals surface area (Å²) in [4.78, 5) is 31.7. The van der Waals surface area contributed by atoms with Crippen molar-refractivity contribution in [2.24, 2.45) is 11.3 Å². The van der Waals surface area contributed by atoms with Gasteiger partial charge in [0.2, 0.25) is 5.95 Å². The van der Waals surface area contributed by atoms with Gasteiger partial charge in [-0.25, -0.2) is 9.97 Å². The molecule has 48 heavy (non-hydrogen) atoms. The molecule has 3 aliphatic heterocycles. The Kier molecular flexibility index (Phi) is 8.22. The van der Waals surface area contributed by atoms with Gasteiger partial charge in [0.05, 0.1) is 48.0 Å². The summed E-state index contributed by atoms with van der Waals surface area (Å²) < 4.78 is 5.29. The van der Waals surface area contributed by atoms with Gasteiger partial charge in [0.15, 0.2) is 5.82 Å². The number of esters is 1.